The van der Waals surface area contributed by atoms with E-state index in [-0.39, 0.29) is 29.3 Å². The average molecular weight is 475 g/mol. The highest BCUT2D eigenvalue weighted by Crippen LogP contribution is 2.49. The van der Waals surface area contributed by atoms with E-state index in [0.717, 1.165) is 17.7 Å². The predicted molar refractivity (Wildman–Crippen MR) is 128 cm³/mol. The van der Waals surface area contributed by atoms with E-state index in [1.807, 2.05) is 24.3 Å². The number of phenols is 1. The van der Waals surface area contributed by atoms with Gasteiger partial charge >= 0.3 is 5.97 Å². The van der Waals surface area contributed by atoms with Crippen molar-refractivity contribution in [2.75, 3.05) is 20.3 Å². The van der Waals surface area contributed by atoms with Gasteiger partial charge in [0.15, 0.2) is 17.3 Å². The second kappa shape index (κ2) is 9.33. The molecule has 2 aliphatic heterocycles. The van der Waals surface area contributed by atoms with E-state index in [9.17, 15) is 14.7 Å². The molecule has 2 aliphatic rings. The van der Waals surface area contributed by atoms with Crippen LogP contribution in [0.15, 0.2) is 48.5 Å². The van der Waals surface area contributed by atoms with Crippen molar-refractivity contribution in [3.63, 3.8) is 0 Å². The molecule has 0 spiro atoms. The first kappa shape index (κ1) is 22.8. The number of rotatable bonds is 7. The van der Waals surface area contributed by atoms with E-state index >= 15 is 0 Å². The van der Waals surface area contributed by atoms with Gasteiger partial charge in [0.25, 0.3) is 0 Å². The maximum Gasteiger partial charge on any atom is 0.312 e. The third kappa shape index (κ3) is 4.30. The van der Waals surface area contributed by atoms with Crippen LogP contribution in [0.1, 0.15) is 51.9 Å². The van der Waals surface area contributed by atoms with Crippen LogP contribution in [0.2, 0.25) is 0 Å². The molecule has 2 heterocycles. The summed E-state index contributed by atoms with van der Waals surface area (Å²) >= 11 is 0. The van der Waals surface area contributed by atoms with Crippen LogP contribution in [0.3, 0.4) is 0 Å². The number of para-hydroxylation sites is 1. The lowest BCUT2D eigenvalue weighted by Gasteiger charge is -2.28. The average Bonchev–Trinajstić information content (AvgIpc) is 3.31. The fraction of sp³-hybridized carbons (Fsp3) is 0.286. The highest BCUT2D eigenvalue weighted by Gasteiger charge is 2.35. The van der Waals surface area contributed by atoms with E-state index in [1.54, 1.807) is 19.2 Å². The lowest BCUT2D eigenvalue weighted by Crippen LogP contribution is -2.22. The highest BCUT2D eigenvalue weighted by molar-refractivity contribution is 5.98. The van der Waals surface area contributed by atoms with Gasteiger partial charge in [-0.25, -0.2) is 0 Å². The molecule has 0 saturated heterocycles. The van der Waals surface area contributed by atoms with Gasteiger partial charge in [-0.05, 0) is 42.3 Å². The molecular weight excluding hydrogens is 448 g/mol. The molecule has 0 unspecified atom stereocenters. The number of methoxy groups -OCH3 is 1. The van der Waals surface area contributed by atoms with Crippen LogP contribution in [0, 0.1) is 0 Å². The lowest BCUT2D eigenvalue weighted by molar-refractivity contribution is -0.135. The molecule has 0 aromatic heterocycles. The molecule has 0 bridgehead atoms. The Morgan fingerprint density at radius 3 is 2.77 bits per heavy atom. The molecule has 5 rings (SSSR count). The summed E-state index contributed by atoms with van der Waals surface area (Å²) < 4.78 is 22.8. The van der Waals surface area contributed by atoms with Crippen molar-refractivity contribution in [1.29, 1.82) is 0 Å². The predicted octanol–water partition coefficient (Wildman–Crippen LogP) is 4.60. The van der Waals surface area contributed by atoms with Crippen LogP contribution in [-0.4, -0.2) is 37.2 Å². The topological polar surface area (TPSA) is 91.3 Å². The van der Waals surface area contributed by atoms with Crippen LogP contribution >= 0.6 is 0 Å². The molecule has 0 radical (unpaired) electrons. The van der Waals surface area contributed by atoms with E-state index in [0.29, 0.717) is 42.3 Å². The molecule has 3 aromatic rings. The van der Waals surface area contributed by atoms with E-state index in [4.69, 9.17) is 18.9 Å². The van der Waals surface area contributed by atoms with Crippen LogP contribution in [-0.2, 0) is 17.6 Å². The monoisotopic (exact) mass is 474 g/mol. The summed E-state index contributed by atoms with van der Waals surface area (Å²) in [7, 11) is 1.56. The van der Waals surface area contributed by atoms with Gasteiger partial charge in [-0.3, -0.25) is 9.59 Å². The number of phenolic OH excluding ortho intramolecular Hbond substituents is 1. The number of benzene rings is 3. The van der Waals surface area contributed by atoms with Gasteiger partial charge in [-0.1, -0.05) is 24.3 Å². The first-order valence-electron chi connectivity index (χ1n) is 11.6. The minimum absolute atomic E-state index is 0.00370. The standard InChI is InChI=1S/C28H26O7/c1-16(29)19-7-9-23-26(27(19)31)21(15-25(30)35-23)20-4-3-5-24(32-2)28(20)34-12-10-17-6-8-22-18(14-17)11-13-33-22/h3-9,14,21,31H,10-13,15H2,1-2H3/t21-/m0/s1. The maximum absolute atomic E-state index is 12.4. The number of esters is 1. The molecule has 7 nitrogen and oxygen atoms in total. The largest absolute Gasteiger partial charge is 0.507 e. The van der Waals surface area contributed by atoms with Gasteiger partial charge in [-0.2, -0.15) is 0 Å². The fourth-order valence-corrected chi connectivity index (χ4v) is 4.79. The lowest BCUT2D eigenvalue weighted by atomic mass is 9.83. The van der Waals surface area contributed by atoms with Crippen molar-refractivity contribution in [3.8, 4) is 28.7 Å². The Balaban J connectivity index is 1.48. The Bertz CT molecular complexity index is 1310. The summed E-state index contributed by atoms with van der Waals surface area (Å²) in [5.41, 5.74) is 3.60. The first-order chi connectivity index (χ1) is 17.0. The van der Waals surface area contributed by atoms with E-state index in [1.165, 1.54) is 18.6 Å². The Hall–Kier alpha value is -4.00. The maximum atomic E-state index is 12.4. The normalized spacial score (nSPS) is 16.1. The van der Waals surface area contributed by atoms with Crippen molar-refractivity contribution < 1.29 is 33.6 Å². The zero-order chi connectivity index (χ0) is 24.5. The van der Waals surface area contributed by atoms with Crippen LogP contribution in [0.4, 0.5) is 0 Å². The number of aromatic hydroxyl groups is 1. The number of carbonyl (C=O) groups is 2. The second-order valence-electron chi connectivity index (χ2n) is 8.68. The molecule has 35 heavy (non-hydrogen) atoms. The van der Waals surface area contributed by atoms with Crippen LogP contribution in [0.5, 0.6) is 28.7 Å². The van der Waals surface area contributed by atoms with Crippen LogP contribution < -0.4 is 18.9 Å². The summed E-state index contributed by atoms with van der Waals surface area (Å²) in [5.74, 6) is 0.756. The van der Waals surface area contributed by atoms with Gasteiger partial charge in [0.05, 0.1) is 32.3 Å². The Morgan fingerprint density at radius 2 is 1.97 bits per heavy atom. The van der Waals surface area contributed by atoms with E-state index < -0.39 is 11.9 Å². The summed E-state index contributed by atoms with van der Waals surface area (Å²) in [5, 5.41) is 10.9. The zero-order valence-corrected chi connectivity index (χ0v) is 19.6. The van der Waals surface area contributed by atoms with Crippen molar-refractivity contribution in [2.45, 2.75) is 32.1 Å². The number of hydrogen-bond acceptors (Lipinski definition) is 7. The minimum Gasteiger partial charge on any atom is -0.507 e. The molecule has 3 aromatic carbocycles. The second-order valence-corrected chi connectivity index (χ2v) is 8.68. The molecule has 0 saturated carbocycles. The van der Waals surface area contributed by atoms with Gasteiger partial charge < -0.3 is 24.1 Å². The van der Waals surface area contributed by atoms with Gasteiger partial charge in [-0.15, -0.1) is 0 Å². The number of carbonyl (C=O) groups excluding carboxylic acids is 2. The van der Waals surface area contributed by atoms with E-state index in [2.05, 4.69) is 6.07 Å². The number of fused-ring (bicyclic) bond motifs is 2. The van der Waals surface area contributed by atoms with Crippen molar-refractivity contribution in [2.24, 2.45) is 0 Å². The molecule has 1 N–H and O–H groups in total. The minimum atomic E-state index is -0.562. The number of ether oxygens (including phenoxy) is 4. The molecule has 0 aliphatic carbocycles. The third-order valence-corrected chi connectivity index (χ3v) is 6.50. The zero-order valence-electron chi connectivity index (χ0n) is 19.6. The number of ketones is 1. The molecule has 7 heteroatoms. The number of Topliss-reactive ketones (excluding diaryl/α,β-unsaturated/α-hetero) is 1. The molecular formula is C28H26O7. The Kier molecular flexibility index (Phi) is 6.07. The summed E-state index contributed by atoms with van der Waals surface area (Å²) in [6.07, 6.45) is 1.58. The fourth-order valence-electron chi connectivity index (χ4n) is 4.79. The van der Waals surface area contributed by atoms with Gasteiger partial charge in [0, 0.05) is 29.9 Å². The highest BCUT2D eigenvalue weighted by atomic mass is 16.5. The summed E-state index contributed by atoms with van der Waals surface area (Å²) in [6, 6.07) is 14.6. The SMILES string of the molecule is COc1cccc([C@@H]2CC(=O)Oc3ccc(C(C)=O)c(O)c32)c1OCCc1ccc2c(c1)CCO2. The third-order valence-electron chi connectivity index (χ3n) is 6.50. The molecule has 0 fully saturated rings. The molecule has 180 valence electrons. The molecule has 0 amide bonds. The van der Waals surface area contributed by atoms with Gasteiger partial charge in [0.1, 0.15) is 17.2 Å². The van der Waals surface area contributed by atoms with Gasteiger partial charge in [0.2, 0.25) is 0 Å². The summed E-state index contributed by atoms with van der Waals surface area (Å²) in [4.78, 5) is 24.5. The smallest absolute Gasteiger partial charge is 0.312 e. The first-order valence-corrected chi connectivity index (χ1v) is 11.6. The number of hydrogen-bond donors (Lipinski definition) is 1. The quantitative estimate of drug-likeness (QED) is 0.304. The Morgan fingerprint density at radius 1 is 1.14 bits per heavy atom. The van der Waals surface area contributed by atoms with Crippen molar-refractivity contribution in [1.82, 2.24) is 0 Å². The molecule has 1 atom stereocenters. The van der Waals surface area contributed by atoms with Crippen molar-refractivity contribution in [3.05, 3.63) is 76.3 Å². The van der Waals surface area contributed by atoms with Crippen molar-refractivity contribution >= 4 is 11.8 Å². The van der Waals surface area contributed by atoms with Crippen LogP contribution in [0.25, 0.3) is 0 Å². The Labute approximate surface area is 203 Å². The summed E-state index contributed by atoms with van der Waals surface area (Å²) in [6.45, 7) is 2.48.